The Bertz CT molecular complexity index is 950. The molecule has 0 spiro atoms. The first-order valence-corrected chi connectivity index (χ1v) is 8.40. The highest BCUT2D eigenvalue weighted by Gasteiger charge is 2.15. The standard InChI is InChI=1S/C17H18ClN5O4/c1-25-11-8-10(9-12(26-2)17(11)27-3)19-16(24)7-6-15-21-20-14-5-4-13(18)22-23(14)15/h4-5,8-9H,6-7H2,1-3H3,(H,19,24). The lowest BCUT2D eigenvalue weighted by atomic mass is 10.2. The molecular weight excluding hydrogens is 374 g/mol. The van der Waals surface area contributed by atoms with Gasteiger partial charge in [-0.05, 0) is 12.1 Å². The van der Waals surface area contributed by atoms with Gasteiger partial charge in [0.2, 0.25) is 11.7 Å². The van der Waals surface area contributed by atoms with Crippen LogP contribution in [0.5, 0.6) is 17.2 Å². The van der Waals surface area contributed by atoms with Gasteiger partial charge >= 0.3 is 0 Å². The fourth-order valence-electron chi connectivity index (χ4n) is 2.57. The zero-order valence-electron chi connectivity index (χ0n) is 15.0. The van der Waals surface area contributed by atoms with Gasteiger partial charge in [0.25, 0.3) is 0 Å². The average molecular weight is 392 g/mol. The zero-order valence-corrected chi connectivity index (χ0v) is 15.8. The van der Waals surface area contributed by atoms with E-state index in [0.717, 1.165) is 0 Å². The Morgan fingerprint density at radius 1 is 1.11 bits per heavy atom. The predicted molar refractivity (Wildman–Crippen MR) is 98.8 cm³/mol. The summed E-state index contributed by atoms with van der Waals surface area (Å²) in [4.78, 5) is 12.3. The number of methoxy groups -OCH3 is 3. The first-order valence-electron chi connectivity index (χ1n) is 8.02. The minimum atomic E-state index is -0.206. The topological polar surface area (TPSA) is 99.9 Å². The van der Waals surface area contributed by atoms with E-state index in [9.17, 15) is 4.79 Å². The molecule has 0 saturated heterocycles. The normalized spacial score (nSPS) is 10.7. The van der Waals surface area contributed by atoms with Crippen molar-refractivity contribution in [2.45, 2.75) is 12.8 Å². The maximum atomic E-state index is 12.3. The summed E-state index contributed by atoms with van der Waals surface area (Å²) in [7, 11) is 4.54. The number of aryl methyl sites for hydroxylation is 1. The second-order valence-corrected chi connectivity index (χ2v) is 5.89. The minimum absolute atomic E-state index is 0.186. The Balaban J connectivity index is 1.71. The van der Waals surface area contributed by atoms with Crippen molar-refractivity contribution < 1.29 is 19.0 Å². The smallest absolute Gasteiger partial charge is 0.224 e. The lowest BCUT2D eigenvalue weighted by Crippen LogP contribution is -2.14. The molecule has 0 bridgehead atoms. The third-order valence-corrected chi connectivity index (χ3v) is 4.02. The Morgan fingerprint density at radius 3 is 2.44 bits per heavy atom. The van der Waals surface area contributed by atoms with Crippen molar-refractivity contribution in [3.8, 4) is 17.2 Å². The number of benzene rings is 1. The fourth-order valence-corrected chi connectivity index (χ4v) is 2.71. The number of carbonyl (C=O) groups excluding carboxylic acids is 1. The molecule has 3 aromatic rings. The Morgan fingerprint density at radius 2 is 1.81 bits per heavy atom. The molecule has 9 nitrogen and oxygen atoms in total. The molecule has 0 unspecified atom stereocenters. The van der Waals surface area contributed by atoms with Crippen molar-refractivity contribution in [2.24, 2.45) is 0 Å². The predicted octanol–water partition coefficient (Wildman–Crippen LogP) is 2.37. The molecule has 10 heteroatoms. The molecule has 2 aromatic heterocycles. The molecule has 0 aliphatic rings. The number of nitrogens with one attached hydrogen (secondary N) is 1. The van der Waals surface area contributed by atoms with Gasteiger partial charge in [-0.3, -0.25) is 4.79 Å². The number of aromatic nitrogens is 4. The van der Waals surface area contributed by atoms with E-state index in [4.69, 9.17) is 25.8 Å². The molecule has 27 heavy (non-hydrogen) atoms. The van der Waals surface area contributed by atoms with Crippen molar-refractivity contribution in [1.29, 1.82) is 0 Å². The molecule has 0 aliphatic carbocycles. The molecule has 1 N–H and O–H groups in total. The van der Waals surface area contributed by atoms with Crippen LogP contribution in [0.25, 0.3) is 5.65 Å². The lowest BCUT2D eigenvalue weighted by Gasteiger charge is -2.14. The van der Waals surface area contributed by atoms with Crippen LogP contribution in [0.1, 0.15) is 12.2 Å². The van der Waals surface area contributed by atoms with Gasteiger partial charge in [-0.15, -0.1) is 10.2 Å². The van der Waals surface area contributed by atoms with E-state index in [0.29, 0.717) is 46.0 Å². The highest BCUT2D eigenvalue weighted by molar-refractivity contribution is 6.29. The van der Waals surface area contributed by atoms with Crippen LogP contribution in [-0.2, 0) is 11.2 Å². The van der Waals surface area contributed by atoms with Crippen molar-refractivity contribution in [3.05, 3.63) is 35.2 Å². The number of hydrogen-bond acceptors (Lipinski definition) is 7. The van der Waals surface area contributed by atoms with Crippen LogP contribution in [0.15, 0.2) is 24.3 Å². The average Bonchev–Trinajstić information content (AvgIpc) is 3.07. The third kappa shape index (κ3) is 4.03. The summed E-state index contributed by atoms with van der Waals surface area (Å²) in [6, 6.07) is 6.66. The minimum Gasteiger partial charge on any atom is -0.493 e. The largest absolute Gasteiger partial charge is 0.493 e. The molecule has 1 aromatic carbocycles. The van der Waals surface area contributed by atoms with Crippen LogP contribution in [0.3, 0.4) is 0 Å². The zero-order chi connectivity index (χ0) is 19.4. The first-order chi connectivity index (χ1) is 13.0. The summed E-state index contributed by atoms with van der Waals surface area (Å²) < 4.78 is 17.4. The molecule has 0 fully saturated rings. The summed E-state index contributed by atoms with van der Waals surface area (Å²) in [5.74, 6) is 1.70. The number of nitrogens with zero attached hydrogens (tertiary/aromatic N) is 4. The maximum Gasteiger partial charge on any atom is 0.224 e. The third-order valence-electron chi connectivity index (χ3n) is 3.82. The first kappa shape index (κ1) is 18.7. The van der Waals surface area contributed by atoms with Gasteiger partial charge in [0.15, 0.2) is 23.0 Å². The summed E-state index contributed by atoms with van der Waals surface area (Å²) in [6.45, 7) is 0. The quantitative estimate of drug-likeness (QED) is 0.659. The molecule has 1 amide bonds. The number of amides is 1. The monoisotopic (exact) mass is 391 g/mol. The van der Waals surface area contributed by atoms with E-state index in [-0.39, 0.29) is 12.3 Å². The van der Waals surface area contributed by atoms with Gasteiger partial charge in [0.05, 0.1) is 21.3 Å². The number of ether oxygens (including phenoxy) is 3. The molecular formula is C17H18ClN5O4. The van der Waals surface area contributed by atoms with Crippen LogP contribution in [0, 0.1) is 0 Å². The van der Waals surface area contributed by atoms with Crippen molar-refractivity contribution in [3.63, 3.8) is 0 Å². The van der Waals surface area contributed by atoms with Gasteiger partial charge in [0.1, 0.15) is 5.15 Å². The summed E-state index contributed by atoms with van der Waals surface area (Å²) in [6.07, 6.45) is 0.538. The molecule has 0 radical (unpaired) electrons. The number of fused-ring (bicyclic) bond motifs is 1. The van der Waals surface area contributed by atoms with Gasteiger partial charge in [-0.25, -0.2) is 0 Å². The van der Waals surface area contributed by atoms with Gasteiger partial charge in [-0.1, -0.05) is 11.6 Å². The lowest BCUT2D eigenvalue weighted by molar-refractivity contribution is -0.116. The van der Waals surface area contributed by atoms with E-state index < -0.39 is 0 Å². The summed E-state index contributed by atoms with van der Waals surface area (Å²) in [5, 5.41) is 15.3. The summed E-state index contributed by atoms with van der Waals surface area (Å²) in [5.41, 5.74) is 1.10. The van der Waals surface area contributed by atoms with Gasteiger partial charge < -0.3 is 19.5 Å². The van der Waals surface area contributed by atoms with Crippen molar-refractivity contribution >= 4 is 28.8 Å². The molecule has 2 heterocycles. The number of anilines is 1. The van der Waals surface area contributed by atoms with E-state index in [1.165, 1.54) is 25.8 Å². The maximum absolute atomic E-state index is 12.3. The van der Waals surface area contributed by atoms with Crippen LogP contribution < -0.4 is 19.5 Å². The molecule has 3 rings (SSSR count). The van der Waals surface area contributed by atoms with E-state index in [2.05, 4.69) is 20.6 Å². The van der Waals surface area contributed by atoms with Crippen molar-refractivity contribution in [2.75, 3.05) is 26.6 Å². The van der Waals surface area contributed by atoms with Crippen LogP contribution in [0.2, 0.25) is 5.15 Å². The van der Waals surface area contributed by atoms with Crippen LogP contribution in [-0.4, -0.2) is 47.0 Å². The highest BCUT2D eigenvalue weighted by atomic mass is 35.5. The van der Waals surface area contributed by atoms with E-state index in [1.54, 1.807) is 24.3 Å². The van der Waals surface area contributed by atoms with E-state index >= 15 is 0 Å². The highest BCUT2D eigenvalue weighted by Crippen LogP contribution is 2.39. The van der Waals surface area contributed by atoms with Crippen LogP contribution >= 0.6 is 11.6 Å². The Kier molecular flexibility index (Phi) is 5.60. The second-order valence-electron chi connectivity index (χ2n) is 5.50. The number of halogens is 1. The van der Waals surface area contributed by atoms with E-state index in [1.807, 2.05) is 0 Å². The summed E-state index contributed by atoms with van der Waals surface area (Å²) >= 11 is 5.90. The fraction of sp³-hybridized carbons (Fsp3) is 0.294. The Hall–Kier alpha value is -3.07. The SMILES string of the molecule is COc1cc(NC(=O)CCc2nnc3ccc(Cl)nn23)cc(OC)c1OC. The molecule has 142 valence electrons. The molecule has 0 atom stereocenters. The Labute approximate surface area is 160 Å². The van der Waals surface area contributed by atoms with Gasteiger partial charge in [0, 0.05) is 30.7 Å². The number of carbonyl (C=O) groups is 1. The number of rotatable bonds is 7. The molecule has 0 aliphatic heterocycles. The molecule has 0 saturated carbocycles. The van der Waals surface area contributed by atoms with Gasteiger partial charge in [-0.2, -0.15) is 9.61 Å². The second kappa shape index (κ2) is 8.09. The number of hydrogen-bond donors (Lipinski definition) is 1. The van der Waals surface area contributed by atoms with Crippen molar-refractivity contribution in [1.82, 2.24) is 19.8 Å². The van der Waals surface area contributed by atoms with Crippen LogP contribution in [0.4, 0.5) is 5.69 Å².